The van der Waals surface area contributed by atoms with E-state index in [2.05, 4.69) is 95.1 Å². The standard InChI is InChI=1S/C27H30N2/c1-26(2,3)16-21-9-7-8-18-15-24(29-17-23(18)21)20-10-11-22-19(14-20)12-13-28-25(22)27(4,5)6/h7-15,17H,16H2,1-6H3. The molecule has 0 amide bonds. The number of pyridine rings is 2. The quantitative estimate of drug-likeness (QED) is 0.362. The number of fused-ring (bicyclic) bond motifs is 2. The second-order valence-corrected chi connectivity index (χ2v) is 10.3. The summed E-state index contributed by atoms with van der Waals surface area (Å²) in [4.78, 5) is 9.47. The molecule has 0 spiro atoms. The van der Waals surface area contributed by atoms with Crippen molar-refractivity contribution in [1.29, 1.82) is 0 Å². The summed E-state index contributed by atoms with van der Waals surface area (Å²) >= 11 is 0. The molecular weight excluding hydrogens is 352 g/mol. The molecule has 0 saturated heterocycles. The lowest BCUT2D eigenvalue weighted by molar-refractivity contribution is 0.412. The molecule has 0 aliphatic heterocycles. The van der Waals surface area contributed by atoms with Crippen molar-refractivity contribution in [1.82, 2.24) is 9.97 Å². The van der Waals surface area contributed by atoms with Crippen molar-refractivity contribution in [2.75, 3.05) is 0 Å². The monoisotopic (exact) mass is 382 g/mol. The van der Waals surface area contributed by atoms with E-state index in [1.54, 1.807) is 0 Å². The fourth-order valence-corrected chi connectivity index (χ4v) is 4.05. The topological polar surface area (TPSA) is 25.8 Å². The van der Waals surface area contributed by atoms with Crippen molar-refractivity contribution in [3.8, 4) is 11.3 Å². The van der Waals surface area contributed by atoms with Crippen LogP contribution < -0.4 is 0 Å². The van der Waals surface area contributed by atoms with Crippen LogP contribution in [0.3, 0.4) is 0 Å². The average Bonchev–Trinajstić information content (AvgIpc) is 2.65. The molecule has 0 radical (unpaired) electrons. The van der Waals surface area contributed by atoms with Crippen molar-refractivity contribution >= 4 is 21.5 Å². The first-order valence-corrected chi connectivity index (χ1v) is 10.4. The van der Waals surface area contributed by atoms with E-state index >= 15 is 0 Å². The van der Waals surface area contributed by atoms with Crippen LogP contribution in [-0.2, 0) is 11.8 Å². The Kier molecular flexibility index (Phi) is 4.69. The van der Waals surface area contributed by atoms with E-state index in [1.165, 1.54) is 27.1 Å². The fourth-order valence-electron chi connectivity index (χ4n) is 4.05. The van der Waals surface area contributed by atoms with E-state index < -0.39 is 0 Å². The fraction of sp³-hybridized carbons (Fsp3) is 0.333. The second kappa shape index (κ2) is 6.95. The van der Waals surface area contributed by atoms with Gasteiger partial charge in [-0.05, 0) is 46.4 Å². The van der Waals surface area contributed by atoms with Crippen LogP contribution in [0, 0.1) is 5.41 Å². The van der Waals surface area contributed by atoms with E-state index in [-0.39, 0.29) is 10.8 Å². The average molecular weight is 383 g/mol. The predicted molar refractivity (Wildman–Crippen MR) is 124 cm³/mol. The molecule has 0 fully saturated rings. The first kappa shape index (κ1) is 19.6. The molecule has 2 aromatic heterocycles. The minimum absolute atomic E-state index is 0.0195. The van der Waals surface area contributed by atoms with Crippen molar-refractivity contribution < 1.29 is 0 Å². The van der Waals surface area contributed by atoms with E-state index in [0.29, 0.717) is 0 Å². The molecule has 148 valence electrons. The summed E-state index contributed by atoms with van der Waals surface area (Å²) in [6.45, 7) is 13.5. The lowest BCUT2D eigenvalue weighted by Gasteiger charge is -2.20. The van der Waals surface area contributed by atoms with Gasteiger partial charge in [0.25, 0.3) is 0 Å². The van der Waals surface area contributed by atoms with Gasteiger partial charge in [-0.2, -0.15) is 0 Å². The molecule has 2 heteroatoms. The van der Waals surface area contributed by atoms with Crippen molar-refractivity contribution in [3.05, 3.63) is 72.2 Å². The minimum atomic E-state index is 0.0195. The van der Waals surface area contributed by atoms with Crippen LogP contribution in [0.5, 0.6) is 0 Å². The third-order valence-electron chi connectivity index (χ3n) is 5.35. The molecule has 4 aromatic rings. The maximum Gasteiger partial charge on any atom is 0.0708 e. The lowest BCUT2D eigenvalue weighted by atomic mass is 9.86. The molecule has 0 aliphatic rings. The van der Waals surface area contributed by atoms with Gasteiger partial charge < -0.3 is 0 Å². The van der Waals surface area contributed by atoms with Crippen molar-refractivity contribution in [3.63, 3.8) is 0 Å². The number of hydrogen-bond donors (Lipinski definition) is 0. The van der Waals surface area contributed by atoms with Gasteiger partial charge >= 0.3 is 0 Å². The van der Waals surface area contributed by atoms with Gasteiger partial charge in [-0.1, -0.05) is 71.9 Å². The van der Waals surface area contributed by atoms with E-state index in [9.17, 15) is 0 Å². The predicted octanol–water partition coefficient (Wildman–Crippen LogP) is 7.34. The van der Waals surface area contributed by atoms with Crippen LogP contribution in [-0.4, -0.2) is 9.97 Å². The highest BCUT2D eigenvalue weighted by atomic mass is 14.7. The maximum atomic E-state index is 4.83. The van der Waals surface area contributed by atoms with Crippen LogP contribution in [0.1, 0.15) is 52.8 Å². The van der Waals surface area contributed by atoms with Gasteiger partial charge in [0.1, 0.15) is 0 Å². The van der Waals surface area contributed by atoms with Gasteiger partial charge in [0.2, 0.25) is 0 Å². The highest BCUT2D eigenvalue weighted by Crippen LogP contribution is 2.32. The van der Waals surface area contributed by atoms with Crippen LogP contribution in [0.2, 0.25) is 0 Å². The molecule has 0 saturated carbocycles. The molecule has 0 aliphatic carbocycles. The molecule has 2 aromatic carbocycles. The summed E-state index contributed by atoms with van der Waals surface area (Å²) in [5.41, 5.74) is 4.94. The number of rotatable bonds is 2. The Morgan fingerprint density at radius 1 is 0.759 bits per heavy atom. The highest BCUT2D eigenvalue weighted by Gasteiger charge is 2.19. The molecule has 0 N–H and O–H groups in total. The number of hydrogen-bond acceptors (Lipinski definition) is 2. The zero-order valence-corrected chi connectivity index (χ0v) is 18.4. The summed E-state index contributed by atoms with van der Waals surface area (Å²) in [5.74, 6) is 0. The summed E-state index contributed by atoms with van der Waals surface area (Å²) in [7, 11) is 0. The third kappa shape index (κ3) is 4.03. The largest absolute Gasteiger partial charge is 0.260 e. The van der Waals surface area contributed by atoms with Gasteiger partial charge in [-0.3, -0.25) is 9.97 Å². The van der Waals surface area contributed by atoms with Crippen molar-refractivity contribution in [2.24, 2.45) is 5.41 Å². The molecule has 0 unspecified atom stereocenters. The summed E-state index contributed by atoms with van der Waals surface area (Å²) in [5, 5.41) is 4.94. The maximum absolute atomic E-state index is 4.83. The zero-order valence-electron chi connectivity index (χ0n) is 18.4. The molecule has 2 heterocycles. The Morgan fingerprint density at radius 3 is 2.24 bits per heavy atom. The molecule has 0 bridgehead atoms. The SMILES string of the molecule is CC(C)(C)Cc1cccc2cc(-c3ccc4c(C(C)(C)C)nccc4c3)ncc12. The molecule has 29 heavy (non-hydrogen) atoms. The summed E-state index contributed by atoms with van der Waals surface area (Å²) in [6, 6.07) is 17.5. The number of aromatic nitrogens is 2. The zero-order chi connectivity index (χ0) is 20.8. The van der Waals surface area contributed by atoms with Crippen LogP contribution in [0.25, 0.3) is 32.8 Å². The van der Waals surface area contributed by atoms with Crippen LogP contribution >= 0.6 is 0 Å². The Hall–Kier alpha value is -2.74. The Morgan fingerprint density at radius 2 is 1.52 bits per heavy atom. The Labute approximate surface area is 174 Å². The van der Waals surface area contributed by atoms with E-state index in [1.807, 2.05) is 12.4 Å². The van der Waals surface area contributed by atoms with Crippen molar-refractivity contribution in [2.45, 2.75) is 53.4 Å². The van der Waals surface area contributed by atoms with E-state index in [0.717, 1.165) is 23.4 Å². The normalized spacial score (nSPS) is 12.6. The van der Waals surface area contributed by atoms with E-state index in [4.69, 9.17) is 4.98 Å². The molecule has 0 atom stereocenters. The first-order valence-electron chi connectivity index (χ1n) is 10.4. The van der Waals surface area contributed by atoms with Crippen LogP contribution in [0.15, 0.2) is 60.9 Å². The van der Waals surface area contributed by atoms with Gasteiger partial charge in [-0.15, -0.1) is 0 Å². The minimum Gasteiger partial charge on any atom is -0.260 e. The number of nitrogens with zero attached hydrogens (tertiary/aromatic N) is 2. The molecular formula is C27H30N2. The second-order valence-electron chi connectivity index (χ2n) is 10.3. The van der Waals surface area contributed by atoms with Gasteiger partial charge in [0, 0.05) is 34.1 Å². The van der Waals surface area contributed by atoms with Crippen LogP contribution in [0.4, 0.5) is 0 Å². The summed E-state index contributed by atoms with van der Waals surface area (Å²) < 4.78 is 0. The van der Waals surface area contributed by atoms with Gasteiger partial charge in [-0.25, -0.2) is 0 Å². The molecule has 2 nitrogen and oxygen atoms in total. The highest BCUT2D eigenvalue weighted by molar-refractivity contribution is 5.92. The number of benzene rings is 2. The molecule has 4 rings (SSSR count). The Bertz CT molecular complexity index is 1190. The summed E-state index contributed by atoms with van der Waals surface area (Å²) in [6.07, 6.45) is 5.01. The lowest BCUT2D eigenvalue weighted by Crippen LogP contribution is -2.13. The van der Waals surface area contributed by atoms with Gasteiger partial charge in [0.05, 0.1) is 11.4 Å². The smallest absolute Gasteiger partial charge is 0.0708 e. The first-order chi connectivity index (χ1) is 13.6. The third-order valence-corrected chi connectivity index (χ3v) is 5.35. The Balaban J connectivity index is 1.80. The van der Waals surface area contributed by atoms with Gasteiger partial charge in [0.15, 0.2) is 0 Å².